The van der Waals surface area contributed by atoms with Crippen molar-refractivity contribution in [1.82, 2.24) is 0 Å². The number of rotatable bonds is 6. The summed E-state index contributed by atoms with van der Waals surface area (Å²) in [5.74, 6) is 5.62. The van der Waals surface area contributed by atoms with Crippen LogP contribution in [0.2, 0.25) is 0 Å². The molecule has 4 aliphatic carbocycles. The fourth-order valence-electron chi connectivity index (χ4n) is 9.93. The summed E-state index contributed by atoms with van der Waals surface area (Å²) in [6, 6.07) is 0. The smallest absolute Gasteiger partial charge is 0.0619 e. The Morgan fingerprint density at radius 3 is 2.26 bits per heavy atom. The number of aliphatic hydroxyl groups is 2. The Morgan fingerprint density at radius 1 is 0.903 bits per heavy atom. The average molecular weight is 433 g/mol. The molecule has 4 aliphatic rings. The Morgan fingerprint density at radius 2 is 1.58 bits per heavy atom. The van der Waals surface area contributed by atoms with E-state index in [0.717, 1.165) is 54.8 Å². The molecule has 0 aromatic rings. The van der Waals surface area contributed by atoms with E-state index in [-0.39, 0.29) is 6.10 Å². The fourth-order valence-corrected chi connectivity index (χ4v) is 9.93. The van der Waals surface area contributed by atoms with Crippen LogP contribution in [-0.4, -0.2) is 21.9 Å². The molecule has 0 unspecified atom stereocenters. The summed E-state index contributed by atoms with van der Waals surface area (Å²) in [5.41, 5.74) is 0.485. The zero-order chi connectivity index (χ0) is 22.6. The highest BCUT2D eigenvalue weighted by Gasteiger charge is 2.60. The van der Waals surface area contributed by atoms with E-state index in [1.54, 1.807) is 0 Å². The van der Waals surface area contributed by atoms with Gasteiger partial charge in [-0.1, -0.05) is 40.5 Å². The van der Waals surface area contributed by atoms with Gasteiger partial charge in [-0.3, -0.25) is 0 Å². The second-order valence-electron chi connectivity index (χ2n) is 13.6. The highest BCUT2D eigenvalue weighted by Crippen LogP contribution is 2.68. The summed E-state index contributed by atoms with van der Waals surface area (Å²) >= 11 is 0. The van der Waals surface area contributed by atoms with Crippen LogP contribution < -0.4 is 0 Å². The number of aliphatic hydroxyl groups excluding tert-OH is 1. The van der Waals surface area contributed by atoms with Gasteiger partial charge in [0.05, 0.1) is 11.7 Å². The van der Waals surface area contributed by atoms with Crippen molar-refractivity contribution >= 4 is 0 Å². The molecule has 4 rings (SSSR count). The molecule has 0 heterocycles. The molecule has 0 aromatic heterocycles. The van der Waals surface area contributed by atoms with E-state index in [1.807, 2.05) is 13.8 Å². The van der Waals surface area contributed by atoms with Gasteiger partial charge >= 0.3 is 0 Å². The Balaban J connectivity index is 1.44. The van der Waals surface area contributed by atoms with E-state index in [1.165, 1.54) is 57.8 Å². The Bertz CT molecular complexity index is 623. The average Bonchev–Trinajstić information content (AvgIpc) is 3.05. The molecule has 0 aliphatic heterocycles. The minimum atomic E-state index is -0.545. The van der Waals surface area contributed by atoms with Crippen LogP contribution in [0.1, 0.15) is 119 Å². The maximum Gasteiger partial charge on any atom is 0.0619 e. The van der Waals surface area contributed by atoms with Gasteiger partial charge in [0.25, 0.3) is 0 Å². The number of fused-ring (bicyclic) bond motifs is 5. The molecule has 180 valence electrons. The highest BCUT2D eigenvalue weighted by molar-refractivity contribution is 5.09. The molecule has 0 amide bonds. The molecule has 2 heteroatoms. The number of hydrogen-bond donors (Lipinski definition) is 2. The van der Waals surface area contributed by atoms with E-state index >= 15 is 0 Å². The van der Waals surface area contributed by atoms with Crippen LogP contribution >= 0.6 is 0 Å². The maximum atomic E-state index is 10.5. The normalized spacial score (nSPS) is 47.2. The Hall–Kier alpha value is -0.0800. The first-order valence-corrected chi connectivity index (χ1v) is 13.9. The van der Waals surface area contributed by atoms with Crippen molar-refractivity contribution in [3.8, 4) is 0 Å². The van der Waals surface area contributed by atoms with Crippen molar-refractivity contribution in [3.05, 3.63) is 0 Å². The molecule has 0 saturated heterocycles. The summed E-state index contributed by atoms with van der Waals surface area (Å²) in [7, 11) is 0. The Kier molecular flexibility index (Phi) is 6.68. The van der Waals surface area contributed by atoms with Crippen LogP contribution in [0.4, 0.5) is 0 Å². The molecule has 2 nitrogen and oxygen atoms in total. The zero-order valence-electron chi connectivity index (χ0n) is 21.5. The minimum absolute atomic E-state index is 0.0314. The first-order chi connectivity index (χ1) is 14.5. The van der Waals surface area contributed by atoms with Gasteiger partial charge in [-0.25, -0.2) is 0 Å². The van der Waals surface area contributed by atoms with Crippen LogP contribution in [0.25, 0.3) is 0 Å². The molecular formula is C29H52O2. The molecule has 0 bridgehead atoms. The standard InChI is InChI=1S/C29H52O2/c1-7-20(27(3,4)31)9-8-19(2)24-12-13-25-23-11-10-21-18-22(30)14-16-28(21,5)26(23)15-17-29(24,25)6/h19-26,30-31H,7-18H2,1-6H3/t19-,20-,21+,22+,23+,24-,25+,26+,28+,29-/m1/s1. The van der Waals surface area contributed by atoms with Crippen molar-refractivity contribution in [2.24, 2.45) is 52.3 Å². The largest absolute Gasteiger partial charge is 0.393 e. The van der Waals surface area contributed by atoms with Crippen LogP contribution in [0, 0.1) is 52.3 Å². The lowest BCUT2D eigenvalue weighted by molar-refractivity contribution is -0.129. The van der Waals surface area contributed by atoms with Crippen molar-refractivity contribution in [2.75, 3.05) is 0 Å². The van der Waals surface area contributed by atoms with Crippen LogP contribution in [0.3, 0.4) is 0 Å². The van der Waals surface area contributed by atoms with Gasteiger partial charge in [0.15, 0.2) is 0 Å². The lowest BCUT2D eigenvalue weighted by Crippen LogP contribution is -2.54. The highest BCUT2D eigenvalue weighted by atomic mass is 16.3. The third-order valence-electron chi connectivity index (χ3n) is 11.9. The first-order valence-electron chi connectivity index (χ1n) is 13.9. The lowest BCUT2D eigenvalue weighted by atomic mass is 9.44. The minimum Gasteiger partial charge on any atom is -0.393 e. The molecule has 4 fully saturated rings. The molecule has 0 spiro atoms. The zero-order valence-corrected chi connectivity index (χ0v) is 21.5. The van der Waals surface area contributed by atoms with Crippen molar-refractivity contribution in [2.45, 2.75) is 130 Å². The van der Waals surface area contributed by atoms with Gasteiger partial charge in [-0.2, -0.15) is 0 Å². The van der Waals surface area contributed by atoms with E-state index in [4.69, 9.17) is 0 Å². The topological polar surface area (TPSA) is 40.5 Å². The summed E-state index contributed by atoms with van der Waals surface area (Å²) in [4.78, 5) is 0. The maximum absolute atomic E-state index is 10.5. The van der Waals surface area contributed by atoms with E-state index < -0.39 is 5.60 Å². The van der Waals surface area contributed by atoms with Gasteiger partial charge in [0, 0.05) is 0 Å². The van der Waals surface area contributed by atoms with Gasteiger partial charge in [0.2, 0.25) is 0 Å². The molecule has 10 atom stereocenters. The van der Waals surface area contributed by atoms with Crippen molar-refractivity contribution < 1.29 is 10.2 Å². The molecular weight excluding hydrogens is 380 g/mol. The predicted molar refractivity (Wildman–Crippen MR) is 130 cm³/mol. The molecule has 4 saturated carbocycles. The van der Waals surface area contributed by atoms with E-state index in [2.05, 4.69) is 27.7 Å². The third-order valence-corrected chi connectivity index (χ3v) is 11.9. The second-order valence-corrected chi connectivity index (χ2v) is 13.6. The molecule has 2 N–H and O–H groups in total. The monoisotopic (exact) mass is 432 g/mol. The van der Waals surface area contributed by atoms with Crippen molar-refractivity contribution in [1.29, 1.82) is 0 Å². The van der Waals surface area contributed by atoms with Crippen LogP contribution in [0.5, 0.6) is 0 Å². The summed E-state index contributed by atoms with van der Waals surface area (Å²) in [5, 5.41) is 20.8. The van der Waals surface area contributed by atoms with Crippen molar-refractivity contribution in [3.63, 3.8) is 0 Å². The van der Waals surface area contributed by atoms with Gasteiger partial charge < -0.3 is 10.2 Å². The molecule has 31 heavy (non-hydrogen) atoms. The van der Waals surface area contributed by atoms with Crippen LogP contribution in [-0.2, 0) is 0 Å². The third kappa shape index (κ3) is 4.16. The van der Waals surface area contributed by atoms with E-state index in [0.29, 0.717) is 16.7 Å². The first kappa shape index (κ1) is 24.1. The Labute approximate surface area is 193 Å². The molecule has 0 radical (unpaired) electrons. The summed E-state index contributed by atoms with van der Waals surface area (Å²) < 4.78 is 0. The second kappa shape index (κ2) is 8.61. The fraction of sp³-hybridized carbons (Fsp3) is 1.00. The van der Waals surface area contributed by atoms with Crippen LogP contribution in [0.15, 0.2) is 0 Å². The van der Waals surface area contributed by atoms with Gasteiger partial charge in [0.1, 0.15) is 0 Å². The van der Waals surface area contributed by atoms with E-state index in [9.17, 15) is 10.2 Å². The van der Waals surface area contributed by atoms with Gasteiger partial charge in [-0.05, 0) is 130 Å². The van der Waals surface area contributed by atoms with Gasteiger partial charge in [-0.15, -0.1) is 0 Å². The SMILES string of the molecule is CC[C@H](CC[C@@H](C)[C@H]1CC[C@H]2[C@@H]3CC[C@H]4C[C@@H](O)CC[C@]4(C)[C@H]3CC[C@]12C)C(C)(C)O. The predicted octanol–water partition coefficient (Wildman–Crippen LogP) is 7.22. The summed E-state index contributed by atoms with van der Waals surface area (Å²) in [6.07, 6.45) is 15.4. The number of hydrogen-bond acceptors (Lipinski definition) is 2. The molecule has 0 aromatic carbocycles. The quantitative estimate of drug-likeness (QED) is 0.465. The lowest BCUT2D eigenvalue weighted by Gasteiger charge is -2.61. The summed E-state index contributed by atoms with van der Waals surface area (Å²) in [6.45, 7) is 14.1.